The van der Waals surface area contributed by atoms with Gasteiger partial charge in [-0.1, -0.05) is 18.2 Å². The molecular weight excluding hydrogens is 224 g/mol. The average molecular weight is 242 g/mol. The normalized spacial score (nSPS) is 32.4. The maximum absolute atomic E-state index is 11.5. The minimum absolute atomic E-state index is 0.0434. The minimum atomic E-state index is -0.466. The molecule has 0 saturated heterocycles. The van der Waals surface area contributed by atoms with Gasteiger partial charge in [0, 0.05) is 11.8 Å². The Bertz CT molecular complexity index is 611. The van der Waals surface area contributed by atoms with E-state index in [4.69, 9.17) is 5.73 Å². The number of hydrogen-bond acceptors (Lipinski definition) is 2. The Balaban J connectivity index is 2.26. The predicted molar refractivity (Wildman–Crippen MR) is 72.3 cm³/mol. The molecule has 1 aromatic rings. The molecule has 0 aliphatic heterocycles. The summed E-state index contributed by atoms with van der Waals surface area (Å²) < 4.78 is 0. The molecule has 0 radical (unpaired) electrons. The summed E-state index contributed by atoms with van der Waals surface area (Å²) in [6, 6.07) is 3.45. The first kappa shape index (κ1) is 11.5. The summed E-state index contributed by atoms with van der Waals surface area (Å²) >= 11 is 0. The van der Waals surface area contributed by atoms with Crippen molar-refractivity contribution in [3.05, 3.63) is 57.5 Å². The van der Waals surface area contributed by atoms with Crippen molar-refractivity contribution in [2.24, 2.45) is 11.7 Å². The van der Waals surface area contributed by atoms with Crippen molar-refractivity contribution in [2.45, 2.75) is 31.7 Å². The van der Waals surface area contributed by atoms with E-state index in [0.29, 0.717) is 5.92 Å². The van der Waals surface area contributed by atoms with Gasteiger partial charge in [-0.3, -0.25) is 4.79 Å². The summed E-state index contributed by atoms with van der Waals surface area (Å²) in [6.45, 7) is 6.17. The van der Waals surface area contributed by atoms with Gasteiger partial charge in [0.15, 0.2) is 0 Å². The van der Waals surface area contributed by atoms with Crippen LogP contribution >= 0.6 is 0 Å². The summed E-state index contributed by atoms with van der Waals surface area (Å²) in [7, 11) is 0. The molecule has 1 heterocycles. The van der Waals surface area contributed by atoms with E-state index in [9.17, 15) is 4.79 Å². The lowest BCUT2D eigenvalue weighted by Gasteiger charge is -2.47. The average Bonchev–Trinajstić information content (AvgIpc) is 2.26. The van der Waals surface area contributed by atoms with Gasteiger partial charge in [0.25, 0.3) is 0 Å². The van der Waals surface area contributed by atoms with Crippen molar-refractivity contribution in [1.29, 1.82) is 0 Å². The molecule has 1 aromatic heterocycles. The Kier molecular flexibility index (Phi) is 2.35. The highest BCUT2D eigenvalue weighted by Gasteiger charge is 2.45. The van der Waals surface area contributed by atoms with Crippen molar-refractivity contribution in [3.8, 4) is 0 Å². The van der Waals surface area contributed by atoms with Crippen LogP contribution in [0.2, 0.25) is 0 Å². The largest absolute Gasteiger partial charge is 0.326 e. The van der Waals surface area contributed by atoms with Crippen LogP contribution in [0, 0.1) is 5.92 Å². The molecule has 3 nitrogen and oxygen atoms in total. The summed E-state index contributed by atoms with van der Waals surface area (Å²) in [5.41, 5.74) is 10.7. The van der Waals surface area contributed by atoms with E-state index in [1.165, 1.54) is 11.1 Å². The number of aromatic amines is 1. The van der Waals surface area contributed by atoms with E-state index < -0.39 is 5.54 Å². The van der Waals surface area contributed by atoms with Gasteiger partial charge in [-0.05, 0) is 49.3 Å². The quantitative estimate of drug-likeness (QED) is 0.684. The Morgan fingerprint density at radius 2 is 2.28 bits per heavy atom. The van der Waals surface area contributed by atoms with E-state index in [1.807, 2.05) is 6.07 Å². The van der Waals surface area contributed by atoms with Gasteiger partial charge in [-0.25, -0.2) is 0 Å². The summed E-state index contributed by atoms with van der Waals surface area (Å²) in [5, 5.41) is 0. The first-order chi connectivity index (χ1) is 8.54. The van der Waals surface area contributed by atoms with Crippen LogP contribution in [0.25, 0.3) is 0 Å². The molecule has 2 bridgehead atoms. The van der Waals surface area contributed by atoms with Gasteiger partial charge in [-0.2, -0.15) is 0 Å². The molecule has 2 aliphatic rings. The number of allylic oxidation sites excluding steroid dienone is 1. The van der Waals surface area contributed by atoms with Gasteiger partial charge >= 0.3 is 0 Å². The number of aromatic nitrogens is 1. The number of nitrogens with one attached hydrogen (secondary N) is 1. The lowest BCUT2D eigenvalue weighted by atomic mass is 9.61. The smallest absolute Gasteiger partial charge is 0.248 e. The first-order valence-corrected chi connectivity index (χ1v) is 6.39. The Hall–Kier alpha value is -1.61. The van der Waals surface area contributed by atoms with Gasteiger partial charge in [0.2, 0.25) is 5.56 Å². The maximum atomic E-state index is 11.5. The van der Waals surface area contributed by atoms with Crippen molar-refractivity contribution < 1.29 is 0 Å². The maximum Gasteiger partial charge on any atom is 0.248 e. The number of H-pyrrole nitrogens is 1. The summed E-state index contributed by atoms with van der Waals surface area (Å²) in [4.78, 5) is 14.4. The van der Waals surface area contributed by atoms with Crippen LogP contribution < -0.4 is 11.3 Å². The zero-order valence-electron chi connectivity index (χ0n) is 10.6. The topological polar surface area (TPSA) is 58.9 Å². The molecule has 3 heteroatoms. The Morgan fingerprint density at radius 1 is 1.50 bits per heavy atom. The highest BCUT2D eigenvalue weighted by molar-refractivity contribution is 5.47. The highest BCUT2D eigenvalue weighted by atomic mass is 16.1. The van der Waals surface area contributed by atoms with Crippen LogP contribution in [0.3, 0.4) is 0 Å². The molecule has 3 N–H and O–H groups in total. The van der Waals surface area contributed by atoms with Crippen LogP contribution in [-0.2, 0) is 12.0 Å². The van der Waals surface area contributed by atoms with Crippen molar-refractivity contribution in [1.82, 2.24) is 4.98 Å². The molecule has 1 fully saturated rings. The van der Waals surface area contributed by atoms with Crippen LogP contribution in [0.1, 0.15) is 31.0 Å². The van der Waals surface area contributed by atoms with E-state index >= 15 is 0 Å². The lowest BCUT2D eigenvalue weighted by Crippen LogP contribution is -2.49. The van der Waals surface area contributed by atoms with Gasteiger partial charge in [0.05, 0.1) is 5.54 Å². The molecule has 94 valence electrons. The van der Waals surface area contributed by atoms with Gasteiger partial charge in [-0.15, -0.1) is 0 Å². The number of hydrogen-bond donors (Lipinski definition) is 2. The lowest BCUT2D eigenvalue weighted by molar-refractivity contribution is 0.350. The fourth-order valence-electron chi connectivity index (χ4n) is 3.66. The molecule has 1 saturated carbocycles. The molecule has 0 amide bonds. The summed E-state index contributed by atoms with van der Waals surface area (Å²) in [6.07, 6.45) is 4.77. The molecule has 0 aromatic carbocycles. The predicted octanol–water partition coefficient (Wildman–Crippen LogP) is 2.00. The van der Waals surface area contributed by atoms with Gasteiger partial charge in [0.1, 0.15) is 0 Å². The van der Waals surface area contributed by atoms with Gasteiger partial charge < -0.3 is 10.7 Å². The molecule has 0 spiro atoms. The second-order valence-electron chi connectivity index (χ2n) is 5.46. The Labute approximate surface area is 106 Å². The monoisotopic (exact) mass is 242 g/mol. The second kappa shape index (κ2) is 3.69. The zero-order valence-corrected chi connectivity index (χ0v) is 10.6. The first-order valence-electron chi connectivity index (χ1n) is 6.39. The zero-order chi connectivity index (χ0) is 12.9. The SMILES string of the molecule is C=C1C[C@H]2Cc3[nH]c(=O)ccc3[C@@](N)(C1)/C2=C/C. The number of rotatable bonds is 0. The molecule has 2 aliphatic carbocycles. The number of pyridine rings is 1. The van der Waals surface area contributed by atoms with E-state index in [0.717, 1.165) is 30.5 Å². The summed E-state index contributed by atoms with van der Waals surface area (Å²) in [5.74, 6) is 0.395. The standard InChI is InChI=1S/C15H18N2O/c1-3-11-10-6-9(2)8-15(11,16)12-4-5-14(18)17-13(12)7-10/h3-5,10H,2,6-8,16H2,1H3,(H,17,18)/b11-3+/t10-,15+/m0/s1. The van der Waals surface area contributed by atoms with Crippen molar-refractivity contribution >= 4 is 0 Å². The molecule has 2 atom stereocenters. The Morgan fingerprint density at radius 3 is 3.00 bits per heavy atom. The molecule has 3 rings (SSSR count). The van der Waals surface area contributed by atoms with Crippen molar-refractivity contribution in [2.75, 3.05) is 0 Å². The third kappa shape index (κ3) is 1.44. The number of nitrogens with two attached hydrogens (primary N) is 1. The van der Waals surface area contributed by atoms with Crippen LogP contribution in [0.4, 0.5) is 0 Å². The number of fused-ring (bicyclic) bond motifs is 4. The fourth-order valence-corrected chi connectivity index (χ4v) is 3.66. The van der Waals surface area contributed by atoms with Crippen LogP contribution in [0.15, 0.2) is 40.7 Å². The third-order valence-electron chi connectivity index (χ3n) is 4.26. The molecular formula is C15H18N2O. The molecule has 18 heavy (non-hydrogen) atoms. The van der Waals surface area contributed by atoms with Crippen LogP contribution in [-0.4, -0.2) is 4.98 Å². The molecule has 0 unspecified atom stereocenters. The van der Waals surface area contributed by atoms with E-state index in [2.05, 4.69) is 24.6 Å². The van der Waals surface area contributed by atoms with Crippen LogP contribution in [0.5, 0.6) is 0 Å². The third-order valence-corrected chi connectivity index (χ3v) is 4.26. The highest BCUT2D eigenvalue weighted by Crippen LogP contribution is 2.49. The fraction of sp³-hybridized carbons (Fsp3) is 0.400. The van der Waals surface area contributed by atoms with E-state index in [-0.39, 0.29) is 5.56 Å². The van der Waals surface area contributed by atoms with E-state index in [1.54, 1.807) is 6.07 Å². The van der Waals surface area contributed by atoms with Crippen molar-refractivity contribution in [3.63, 3.8) is 0 Å². The minimum Gasteiger partial charge on any atom is -0.326 e. The second-order valence-corrected chi connectivity index (χ2v) is 5.46.